The zero-order chi connectivity index (χ0) is 14.7. The van der Waals surface area contributed by atoms with E-state index in [0.29, 0.717) is 23.6 Å². The first-order chi connectivity index (χ1) is 9.51. The molecule has 0 aromatic carbocycles. The van der Waals surface area contributed by atoms with Gasteiger partial charge < -0.3 is 5.11 Å². The number of carbonyl (C=O) groups is 1. The maximum absolute atomic E-state index is 11.9. The summed E-state index contributed by atoms with van der Waals surface area (Å²) in [5.41, 5.74) is -0.791. The number of ketones is 1. The minimum absolute atomic E-state index is 0.401. The van der Waals surface area contributed by atoms with Gasteiger partial charge in [0.2, 0.25) is 0 Å². The molecule has 2 aromatic heterocycles. The Hall–Kier alpha value is -2.48. The van der Waals surface area contributed by atoms with Crippen LogP contribution in [0.2, 0.25) is 0 Å². The first-order valence-corrected chi connectivity index (χ1v) is 6.55. The van der Waals surface area contributed by atoms with Gasteiger partial charge in [-0.05, 0) is 36.5 Å². The molecule has 0 unspecified atom stereocenters. The number of rotatable bonds is 4. The summed E-state index contributed by atoms with van der Waals surface area (Å²) >= 11 is 0.401. The van der Waals surface area contributed by atoms with Crippen molar-refractivity contribution in [2.45, 2.75) is 13.5 Å². The molecule has 7 nitrogen and oxygen atoms in total. The van der Waals surface area contributed by atoms with E-state index in [1.807, 2.05) is 11.9 Å². The van der Waals surface area contributed by atoms with E-state index < -0.39 is 26.8 Å². The average Bonchev–Trinajstić information content (AvgIpc) is 2.83. The molecule has 2 heterocycles. The Kier molecular flexibility index (Phi) is 3.94. The highest BCUT2D eigenvalue weighted by Gasteiger charge is 2.15. The number of aromatic amines is 1. The number of aryl methyl sites for hydroxylation is 1. The van der Waals surface area contributed by atoms with Gasteiger partial charge in [-0.15, -0.1) is 0 Å². The average molecular weight is 293 g/mol. The molecule has 0 atom stereocenters. The summed E-state index contributed by atoms with van der Waals surface area (Å²) in [5.74, 6) is -0.689. The van der Waals surface area contributed by atoms with Crippen molar-refractivity contribution in [1.82, 2.24) is 14.8 Å². The number of nitrogens with zero attached hydrogens (tertiary/aromatic N) is 2. The molecule has 0 fully saturated rings. The molecule has 2 rings (SSSR count). The van der Waals surface area contributed by atoms with Crippen LogP contribution in [0.3, 0.4) is 0 Å². The fraction of sp³-hybridized carbons (Fsp3) is 0.167. The van der Waals surface area contributed by atoms with Crippen molar-refractivity contribution in [3.63, 3.8) is 0 Å². The van der Waals surface area contributed by atoms with Gasteiger partial charge in [-0.2, -0.15) is 5.10 Å². The van der Waals surface area contributed by atoms with Crippen molar-refractivity contribution in [3.05, 3.63) is 49.6 Å². The Morgan fingerprint density at radius 1 is 1.55 bits per heavy atom. The van der Waals surface area contributed by atoms with E-state index in [1.54, 1.807) is 16.9 Å². The minimum atomic E-state index is -0.903. The third kappa shape index (κ3) is 2.91. The fourth-order valence-corrected chi connectivity index (χ4v) is 2.14. The minimum Gasteiger partial charge on any atom is -0.499 e. The van der Waals surface area contributed by atoms with Gasteiger partial charge in [-0.1, -0.05) is 0 Å². The summed E-state index contributed by atoms with van der Waals surface area (Å²) in [6, 6.07) is 1.71. The van der Waals surface area contributed by atoms with E-state index in [0.717, 1.165) is 6.08 Å². The van der Waals surface area contributed by atoms with E-state index in [1.165, 1.54) is 6.08 Å². The summed E-state index contributed by atoms with van der Waals surface area (Å²) in [4.78, 5) is 35.5. The molecular formula is C12H11N3O4S. The second kappa shape index (κ2) is 5.66. The highest BCUT2D eigenvalue weighted by Crippen LogP contribution is 2.15. The highest BCUT2D eigenvalue weighted by molar-refractivity contribution is 7.11. The third-order valence-electron chi connectivity index (χ3n) is 2.48. The number of carbonyl (C=O) groups excluding carboxylic acids is 1. The van der Waals surface area contributed by atoms with Gasteiger partial charge in [-0.25, -0.2) is 0 Å². The molecule has 0 bridgehead atoms. The summed E-state index contributed by atoms with van der Waals surface area (Å²) in [6.45, 7) is 2.63. The number of hydrogen-bond donors (Lipinski definition) is 2. The molecule has 0 saturated heterocycles. The van der Waals surface area contributed by atoms with Crippen LogP contribution in [0.25, 0.3) is 6.08 Å². The van der Waals surface area contributed by atoms with Crippen LogP contribution in [-0.2, 0) is 6.54 Å². The van der Waals surface area contributed by atoms with E-state index in [2.05, 4.69) is 5.10 Å². The lowest BCUT2D eigenvalue weighted by Gasteiger charge is -1.96. The number of nitrogens with one attached hydrogen (secondary N) is 1. The van der Waals surface area contributed by atoms with Crippen molar-refractivity contribution in [2.75, 3.05) is 0 Å². The molecular weight excluding hydrogens is 282 g/mol. The van der Waals surface area contributed by atoms with Gasteiger partial charge in [0, 0.05) is 12.7 Å². The smallest absolute Gasteiger partial charge is 0.310 e. The quantitative estimate of drug-likeness (QED) is 0.635. The summed E-state index contributed by atoms with van der Waals surface area (Å²) < 4.78 is 1.68. The third-order valence-corrected chi connectivity index (χ3v) is 3.17. The molecule has 20 heavy (non-hydrogen) atoms. The van der Waals surface area contributed by atoms with E-state index in [9.17, 15) is 19.5 Å². The number of H-pyrrole nitrogens is 1. The Labute approximate surface area is 116 Å². The monoisotopic (exact) mass is 293 g/mol. The van der Waals surface area contributed by atoms with Crippen LogP contribution in [0.1, 0.15) is 23.0 Å². The predicted octanol–water partition coefficient (Wildman–Crippen LogP) is 0.615. The van der Waals surface area contributed by atoms with Crippen LogP contribution < -0.4 is 10.4 Å². The largest absolute Gasteiger partial charge is 0.499 e. The molecule has 0 spiro atoms. The molecule has 2 aromatic rings. The van der Waals surface area contributed by atoms with Crippen molar-refractivity contribution >= 4 is 23.2 Å². The topological polar surface area (TPSA) is 105 Å². The normalized spacial score (nSPS) is 11.1. The molecule has 8 heteroatoms. The summed E-state index contributed by atoms with van der Waals surface area (Å²) in [6.07, 6.45) is 4.32. The molecule has 0 amide bonds. The van der Waals surface area contributed by atoms with Crippen molar-refractivity contribution in [1.29, 1.82) is 0 Å². The van der Waals surface area contributed by atoms with Crippen LogP contribution in [0, 0.1) is 0 Å². The van der Waals surface area contributed by atoms with Gasteiger partial charge >= 0.3 is 4.87 Å². The van der Waals surface area contributed by atoms with Gasteiger partial charge in [0.1, 0.15) is 5.56 Å². The molecule has 0 radical (unpaired) electrons. The Morgan fingerprint density at radius 2 is 2.30 bits per heavy atom. The molecule has 2 N–H and O–H groups in total. The number of hydrogen-bond acceptors (Lipinski definition) is 6. The molecule has 104 valence electrons. The van der Waals surface area contributed by atoms with Gasteiger partial charge in [0.25, 0.3) is 5.56 Å². The zero-order valence-electron chi connectivity index (χ0n) is 10.5. The zero-order valence-corrected chi connectivity index (χ0v) is 11.3. The lowest BCUT2D eigenvalue weighted by atomic mass is 10.2. The van der Waals surface area contributed by atoms with Crippen LogP contribution in [-0.4, -0.2) is 25.7 Å². The first-order valence-electron chi connectivity index (χ1n) is 5.73. The molecule has 0 saturated carbocycles. The molecule has 0 aliphatic carbocycles. The van der Waals surface area contributed by atoms with Crippen molar-refractivity contribution in [2.24, 2.45) is 0 Å². The van der Waals surface area contributed by atoms with Crippen molar-refractivity contribution < 1.29 is 9.90 Å². The van der Waals surface area contributed by atoms with Crippen LogP contribution >= 0.6 is 11.3 Å². The first kappa shape index (κ1) is 13.9. The Balaban J connectivity index is 2.29. The summed E-state index contributed by atoms with van der Waals surface area (Å²) in [7, 11) is 0. The maximum Gasteiger partial charge on any atom is 0.310 e. The van der Waals surface area contributed by atoms with Crippen LogP contribution in [0.15, 0.2) is 27.9 Å². The standard InChI is InChI=1S/C12H11N3O4S/c1-2-15-6-5-7(14-15)3-4-8(16)9-10(17)13-12(19)20-11(9)18/h3-6,18H,2H2,1H3,(H,13,17,19)/b4-3+. The molecule has 0 aliphatic heterocycles. The second-order valence-corrected chi connectivity index (χ2v) is 4.78. The van der Waals surface area contributed by atoms with E-state index in [-0.39, 0.29) is 0 Å². The van der Waals surface area contributed by atoms with Gasteiger partial charge in [-0.3, -0.25) is 24.0 Å². The summed E-state index contributed by atoms with van der Waals surface area (Å²) in [5, 5.41) is 13.1. The van der Waals surface area contributed by atoms with Crippen molar-refractivity contribution in [3.8, 4) is 5.06 Å². The number of allylic oxidation sites excluding steroid dienone is 1. The van der Waals surface area contributed by atoms with Gasteiger partial charge in [0.05, 0.1) is 5.69 Å². The molecule has 0 aliphatic rings. The SMILES string of the molecule is CCn1ccc(/C=C/C(=O)c2c(O)sc(=O)[nH]c2=O)n1. The fourth-order valence-electron chi connectivity index (χ4n) is 1.52. The van der Waals surface area contributed by atoms with E-state index >= 15 is 0 Å². The van der Waals surface area contributed by atoms with Gasteiger partial charge in [0.15, 0.2) is 10.8 Å². The Morgan fingerprint density at radius 3 is 2.90 bits per heavy atom. The number of aromatic nitrogens is 3. The Bertz CT molecular complexity index is 784. The van der Waals surface area contributed by atoms with Crippen LogP contribution in [0.5, 0.6) is 5.06 Å². The highest BCUT2D eigenvalue weighted by atomic mass is 32.1. The lowest BCUT2D eigenvalue weighted by molar-refractivity contribution is 0.104. The maximum atomic E-state index is 11.9. The van der Waals surface area contributed by atoms with E-state index in [4.69, 9.17) is 0 Å². The van der Waals surface area contributed by atoms with Crippen LogP contribution in [0.4, 0.5) is 0 Å². The number of aromatic hydroxyl groups is 1. The second-order valence-electron chi connectivity index (χ2n) is 3.82. The predicted molar refractivity (Wildman–Crippen MR) is 74.1 cm³/mol. The lowest BCUT2D eigenvalue weighted by Crippen LogP contribution is -2.22.